The highest BCUT2D eigenvalue weighted by Gasteiger charge is 2.07. The van der Waals surface area contributed by atoms with Crippen LogP contribution in [-0.2, 0) is 11.2 Å². The molecule has 16 heavy (non-hydrogen) atoms. The minimum absolute atomic E-state index is 0.0447. The molecule has 5 heteroatoms. The molecular weight excluding hydrogens is 233 g/mol. The Morgan fingerprint density at radius 2 is 2.19 bits per heavy atom. The van der Waals surface area contributed by atoms with Gasteiger partial charge in [-0.25, -0.2) is 4.39 Å². The summed E-state index contributed by atoms with van der Waals surface area (Å²) in [6, 6.07) is 4.56. The van der Waals surface area contributed by atoms with E-state index in [4.69, 9.17) is 16.7 Å². The van der Waals surface area contributed by atoms with Gasteiger partial charge in [0, 0.05) is 16.6 Å². The van der Waals surface area contributed by atoms with Crippen molar-refractivity contribution in [1.82, 2.24) is 4.98 Å². The molecule has 1 heterocycles. The van der Waals surface area contributed by atoms with Crippen LogP contribution in [0.3, 0.4) is 0 Å². The number of aryl methyl sites for hydroxylation is 1. The van der Waals surface area contributed by atoms with Gasteiger partial charge in [-0.2, -0.15) is 0 Å². The molecule has 1 aromatic heterocycles. The third kappa shape index (κ3) is 2.17. The first kappa shape index (κ1) is 11.0. The molecule has 0 radical (unpaired) electrons. The van der Waals surface area contributed by atoms with Crippen LogP contribution >= 0.6 is 11.6 Å². The Kier molecular flexibility index (Phi) is 2.83. The predicted molar refractivity (Wildman–Crippen MR) is 59.2 cm³/mol. The molecule has 0 saturated heterocycles. The minimum atomic E-state index is -0.858. The Morgan fingerprint density at radius 3 is 2.88 bits per heavy atom. The molecular formula is C11H9ClFNO2. The van der Waals surface area contributed by atoms with Crippen molar-refractivity contribution in [3.8, 4) is 0 Å². The van der Waals surface area contributed by atoms with Gasteiger partial charge in [-0.05, 0) is 24.6 Å². The molecule has 2 aromatic rings. The number of aromatic amines is 1. The molecule has 0 unspecified atom stereocenters. The molecule has 0 aliphatic carbocycles. The van der Waals surface area contributed by atoms with Gasteiger partial charge >= 0.3 is 5.97 Å². The van der Waals surface area contributed by atoms with Crippen LogP contribution in [0.5, 0.6) is 0 Å². The van der Waals surface area contributed by atoms with Gasteiger partial charge in [-0.1, -0.05) is 11.6 Å². The Hall–Kier alpha value is -1.55. The van der Waals surface area contributed by atoms with E-state index >= 15 is 0 Å². The van der Waals surface area contributed by atoms with Gasteiger partial charge in [0.1, 0.15) is 5.82 Å². The summed E-state index contributed by atoms with van der Waals surface area (Å²) in [6.45, 7) is 0. The lowest BCUT2D eigenvalue weighted by Crippen LogP contribution is -1.97. The van der Waals surface area contributed by atoms with E-state index in [0.29, 0.717) is 17.3 Å². The van der Waals surface area contributed by atoms with E-state index in [-0.39, 0.29) is 11.4 Å². The fraction of sp³-hybridized carbons (Fsp3) is 0.182. The number of H-pyrrole nitrogens is 1. The second-order valence-electron chi connectivity index (χ2n) is 3.54. The summed E-state index contributed by atoms with van der Waals surface area (Å²) in [5.74, 6) is -1.33. The maximum absolute atomic E-state index is 13.1. The first-order valence-corrected chi connectivity index (χ1v) is 5.12. The summed E-state index contributed by atoms with van der Waals surface area (Å²) in [5.41, 5.74) is 1.48. The van der Waals surface area contributed by atoms with Crippen LogP contribution in [0.1, 0.15) is 12.1 Å². The highest BCUT2D eigenvalue weighted by atomic mass is 35.5. The topological polar surface area (TPSA) is 53.1 Å². The number of carbonyl (C=O) groups is 1. The molecule has 0 saturated carbocycles. The molecule has 0 amide bonds. The predicted octanol–water partition coefficient (Wildman–Crippen LogP) is 2.98. The zero-order valence-electron chi connectivity index (χ0n) is 8.26. The fourth-order valence-corrected chi connectivity index (χ4v) is 1.73. The molecule has 0 bridgehead atoms. The largest absolute Gasteiger partial charge is 0.481 e. The summed E-state index contributed by atoms with van der Waals surface area (Å²) < 4.78 is 13.1. The number of rotatable bonds is 3. The smallest absolute Gasteiger partial charge is 0.303 e. The van der Waals surface area contributed by atoms with Crippen LogP contribution in [0.4, 0.5) is 4.39 Å². The number of halogens is 2. The first-order chi connectivity index (χ1) is 7.56. The second kappa shape index (κ2) is 4.14. The van der Waals surface area contributed by atoms with Crippen molar-refractivity contribution >= 4 is 28.5 Å². The molecule has 0 atom stereocenters. The number of carboxylic acid groups (broad SMARTS) is 1. The van der Waals surface area contributed by atoms with Crippen molar-refractivity contribution in [2.75, 3.05) is 0 Å². The van der Waals surface area contributed by atoms with Crippen LogP contribution in [-0.4, -0.2) is 16.1 Å². The van der Waals surface area contributed by atoms with E-state index < -0.39 is 11.8 Å². The van der Waals surface area contributed by atoms with Gasteiger partial charge in [0.25, 0.3) is 0 Å². The number of hydrogen-bond donors (Lipinski definition) is 2. The molecule has 2 rings (SSSR count). The monoisotopic (exact) mass is 241 g/mol. The van der Waals surface area contributed by atoms with E-state index in [2.05, 4.69) is 4.98 Å². The number of carboxylic acids is 1. The van der Waals surface area contributed by atoms with Gasteiger partial charge < -0.3 is 10.1 Å². The number of hydrogen-bond acceptors (Lipinski definition) is 1. The molecule has 1 aromatic carbocycles. The Labute approximate surface area is 95.8 Å². The molecule has 0 fully saturated rings. The average Bonchev–Trinajstić information content (AvgIpc) is 2.58. The molecule has 0 spiro atoms. The lowest BCUT2D eigenvalue weighted by atomic mass is 10.2. The van der Waals surface area contributed by atoms with E-state index in [1.54, 1.807) is 6.07 Å². The first-order valence-electron chi connectivity index (χ1n) is 4.74. The van der Waals surface area contributed by atoms with E-state index in [1.807, 2.05) is 0 Å². The van der Waals surface area contributed by atoms with Gasteiger partial charge in [-0.15, -0.1) is 0 Å². The fourth-order valence-electron chi connectivity index (χ4n) is 1.56. The zero-order valence-corrected chi connectivity index (χ0v) is 9.01. The minimum Gasteiger partial charge on any atom is -0.481 e. The Bertz CT molecular complexity index is 511. The second-order valence-corrected chi connectivity index (χ2v) is 3.95. The Morgan fingerprint density at radius 1 is 1.44 bits per heavy atom. The maximum Gasteiger partial charge on any atom is 0.303 e. The van der Waals surface area contributed by atoms with Crippen molar-refractivity contribution < 1.29 is 14.3 Å². The van der Waals surface area contributed by atoms with Crippen molar-refractivity contribution in [2.24, 2.45) is 0 Å². The third-order valence-corrected chi connectivity index (χ3v) is 2.62. The zero-order chi connectivity index (χ0) is 11.7. The van der Waals surface area contributed by atoms with Gasteiger partial charge in [0.05, 0.1) is 11.4 Å². The van der Waals surface area contributed by atoms with Gasteiger partial charge in [-0.3, -0.25) is 4.79 Å². The van der Waals surface area contributed by atoms with E-state index in [9.17, 15) is 9.18 Å². The summed E-state index contributed by atoms with van der Waals surface area (Å²) in [4.78, 5) is 13.4. The van der Waals surface area contributed by atoms with Crippen LogP contribution < -0.4 is 0 Å². The SMILES string of the molecule is O=C(O)CCc1cc2cc(F)c(Cl)cc2[nH]1. The lowest BCUT2D eigenvalue weighted by molar-refractivity contribution is -0.136. The van der Waals surface area contributed by atoms with Crippen molar-refractivity contribution in [1.29, 1.82) is 0 Å². The number of aliphatic carboxylic acids is 1. The van der Waals surface area contributed by atoms with Gasteiger partial charge in [0.2, 0.25) is 0 Å². The number of fused-ring (bicyclic) bond motifs is 1. The Balaban J connectivity index is 2.33. The van der Waals surface area contributed by atoms with Gasteiger partial charge in [0.15, 0.2) is 0 Å². The summed E-state index contributed by atoms with van der Waals surface area (Å²) in [6.07, 6.45) is 0.437. The standard InChI is InChI=1S/C11H9ClFNO2/c12-8-5-10-6(4-9(8)13)3-7(14-10)1-2-11(15)16/h3-5,14H,1-2H2,(H,15,16). The van der Waals surface area contributed by atoms with Crippen LogP contribution in [0.25, 0.3) is 10.9 Å². The maximum atomic E-state index is 13.1. The van der Waals surface area contributed by atoms with E-state index in [1.165, 1.54) is 12.1 Å². The number of nitrogens with one attached hydrogen (secondary N) is 1. The van der Waals surface area contributed by atoms with Crippen molar-refractivity contribution in [3.63, 3.8) is 0 Å². The molecule has 3 nitrogen and oxygen atoms in total. The normalized spacial score (nSPS) is 10.9. The third-order valence-electron chi connectivity index (χ3n) is 2.33. The summed E-state index contributed by atoms with van der Waals surface area (Å²) in [7, 11) is 0. The van der Waals surface area contributed by atoms with Crippen molar-refractivity contribution in [2.45, 2.75) is 12.8 Å². The summed E-state index contributed by atoms with van der Waals surface area (Å²) >= 11 is 5.64. The molecule has 2 N–H and O–H groups in total. The number of benzene rings is 1. The quantitative estimate of drug-likeness (QED) is 0.868. The molecule has 0 aliphatic heterocycles. The molecule has 0 aliphatic rings. The van der Waals surface area contributed by atoms with Crippen LogP contribution in [0.15, 0.2) is 18.2 Å². The highest BCUT2D eigenvalue weighted by molar-refractivity contribution is 6.31. The van der Waals surface area contributed by atoms with Crippen LogP contribution in [0, 0.1) is 5.82 Å². The van der Waals surface area contributed by atoms with Crippen LogP contribution in [0.2, 0.25) is 5.02 Å². The molecule has 84 valence electrons. The average molecular weight is 242 g/mol. The highest BCUT2D eigenvalue weighted by Crippen LogP contribution is 2.23. The lowest BCUT2D eigenvalue weighted by Gasteiger charge is -1.93. The van der Waals surface area contributed by atoms with Crippen molar-refractivity contribution in [3.05, 3.63) is 34.7 Å². The number of aromatic nitrogens is 1. The van der Waals surface area contributed by atoms with E-state index in [0.717, 1.165) is 5.69 Å². The summed E-state index contributed by atoms with van der Waals surface area (Å²) in [5, 5.41) is 9.29.